The lowest BCUT2D eigenvalue weighted by Crippen LogP contribution is -2.38. The molecule has 0 radical (unpaired) electrons. The molecule has 0 aromatic heterocycles. The monoisotopic (exact) mass is 501 g/mol. The Morgan fingerprint density at radius 3 is 2.27 bits per heavy atom. The highest BCUT2D eigenvalue weighted by Gasteiger charge is 2.15. The van der Waals surface area contributed by atoms with Gasteiger partial charge in [-0.1, -0.05) is 30.3 Å². The molecule has 0 aliphatic carbocycles. The van der Waals surface area contributed by atoms with E-state index in [0.29, 0.717) is 6.61 Å². The van der Waals surface area contributed by atoms with Crippen molar-refractivity contribution in [2.24, 2.45) is 0 Å². The van der Waals surface area contributed by atoms with E-state index in [1.807, 2.05) is 6.07 Å². The number of benzene rings is 3. The van der Waals surface area contributed by atoms with Gasteiger partial charge < -0.3 is 24.0 Å². The Morgan fingerprint density at radius 2 is 1.49 bits per heavy atom. The van der Waals surface area contributed by atoms with Crippen molar-refractivity contribution in [2.75, 3.05) is 69.5 Å². The predicted molar refractivity (Wildman–Crippen MR) is 150 cm³/mol. The number of nitrogens with zero attached hydrogens (tertiary/aromatic N) is 3. The van der Waals surface area contributed by atoms with Crippen LogP contribution in [0.4, 0.5) is 11.4 Å². The molecule has 2 aliphatic rings. The fourth-order valence-corrected chi connectivity index (χ4v) is 5.16. The Balaban J connectivity index is 1.33. The minimum atomic E-state index is 0.678. The molecular formula is C31H39N3O3. The van der Waals surface area contributed by atoms with Gasteiger partial charge >= 0.3 is 0 Å². The van der Waals surface area contributed by atoms with Crippen LogP contribution in [0.2, 0.25) is 0 Å². The summed E-state index contributed by atoms with van der Waals surface area (Å²) in [6.07, 6.45) is 2.56. The van der Waals surface area contributed by atoms with E-state index in [-0.39, 0.29) is 0 Å². The highest BCUT2D eigenvalue weighted by Crippen LogP contribution is 2.28. The molecule has 0 amide bonds. The summed E-state index contributed by atoms with van der Waals surface area (Å²) < 4.78 is 17.1. The zero-order valence-corrected chi connectivity index (χ0v) is 22.0. The van der Waals surface area contributed by atoms with Crippen molar-refractivity contribution in [3.63, 3.8) is 0 Å². The normalized spacial score (nSPS) is 16.1. The fraction of sp³-hybridized carbons (Fsp3) is 0.419. The Labute approximate surface area is 221 Å². The van der Waals surface area contributed by atoms with Crippen LogP contribution in [0.25, 0.3) is 0 Å². The summed E-state index contributed by atoms with van der Waals surface area (Å²) in [5.41, 5.74) is 5.01. The maximum Gasteiger partial charge on any atom is 0.121 e. The van der Waals surface area contributed by atoms with Crippen LogP contribution in [0.1, 0.15) is 24.0 Å². The second kappa shape index (κ2) is 12.8. The van der Waals surface area contributed by atoms with Gasteiger partial charge in [0, 0.05) is 63.3 Å². The fourth-order valence-electron chi connectivity index (χ4n) is 5.16. The van der Waals surface area contributed by atoms with Crippen LogP contribution in [-0.2, 0) is 17.8 Å². The molecule has 0 bridgehead atoms. The van der Waals surface area contributed by atoms with Crippen molar-refractivity contribution in [2.45, 2.75) is 25.9 Å². The van der Waals surface area contributed by atoms with Crippen LogP contribution in [0.5, 0.6) is 11.5 Å². The third-order valence-corrected chi connectivity index (χ3v) is 7.23. The number of hydrogen-bond donors (Lipinski definition) is 0. The molecule has 3 aromatic carbocycles. The van der Waals surface area contributed by atoms with Crippen LogP contribution < -0.4 is 19.3 Å². The molecular weight excluding hydrogens is 462 g/mol. The van der Waals surface area contributed by atoms with Gasteiger partial charge in [0.25, 0.3) is 0 Å². The molecule has 0 N–H and O–H groups in total. The van der Waals surface area contributed by atoms with Crippen molar-refractivity contribution in [3.05, 3.63) is 83.9 Å². The average molecular weight is 502 g/mol. The van der Waals surface area contributed by atoms with Crippen molar-refractivity contribution < 1.29 is 14.2 Å². The number of anilines is 2. The summed E-state index contributed by atoms with van der Waals surface area (Å²) in [7, 11) is 1.72. The summed E-state index contributed by atoms with van der Waals surface area (Å²) >= 11 is 0. The zero-order chi connectivity index (χ0) is 25.3. The average Bonchev–Trinajstić information content (AvgIpc) is 3.49. The van der Waals surface area contributed by atoms with Crippen LogP contribution in [0.15, 0.2) is 72.8 Å². The van der Waals surface area contributed by atoms with E-state index in [9.17, 15) is 0 Å². The zero-order valence-electron chi connectivity index (χ0n) is 22.0. The number of rotatable bonds is 11. The standard InChI is InChI=1S/C31H39N3O3/c1-35-30-11-5-8-27(22-30)25-34(24-26-7-4-9-28(21-26)33-13-2-3-14-33)29-10-6-12-31(23-29)37-20-17-32-15-18-36-19-16-32/h4-12,21-23H,2-3,13-20,24-25H2,1H3. The predicted octanol–water partition coefficient (Wildman–Crippen LogP) is 5.21. The lowest BCUT2D eigenvalue weighted by atomic mass is 10.1. The molecule has 0 atom stereocenters. The van der Waals surface area contributed by atoms with E-state index < -0.39 is 0 Å². The minimum absolute atomic E-state index is 0.678. The maximum absolute atomic E-state index is 6.19. The van der Waals surface area contributed by atoms with Gasteiger partial charge in [0.15, 0.2) is 0 Å². The van der Waals surface area contributed by atoms with E-state index in [1.54, 1.807) is 7.11 Å². The molecule has 6 nitrogen and oxygen atoms in total. The molecule has 2 fully saturated rings. The molecule has 0 saturated carbocycles. The van der Waals surface area contributed by atoms with Crippen molar-refractivity contribution >= 4 is 11.4 Å². The maximum atomic E-state index is 6.19. The molecule has 6 heteroatoms. The number of ether oxygens (including phenoxy) is 3. The molecule has 2 aliphatic heterocycles. The Hall–Kier alpha value is -3.22. The summed E-state index contributed by atoms with van der Waals surface area (Å²) in [6, 6.07) is 25.9. The third kappa shape index (κ3) is 7.18. The first kappa shape index (κ1) is 25.4. The van der Waals surface area contributed by atoms with E-state index in [4.69, 9.17) is 14.2 Å². The summed E-state index contributed by atoms with van der Waals surface area (Å²) in [5, 5.41) is 0. The smallest absolute Gasteiger partial charge is 0.121 e. The highest BCUT2D eigenvalue weighted by molar-refractivity contribution is 5.54. The molecule has 3 aromatic rings. The lowest BCUT2D eigenvalue weighted by molar-refractivity contribution is 0.0322. The lowest BCUT2D eigenvalue weighted by Gasteiger charge is -2.27. The van der Waals surface area contributed by atoms with E-state index >= 15 is 0 Å². The third-order valence-electron chi connectivity index (χ3n) is 7.23. The molecule has 2 heterocycles. The Kier molecular flexibility index (Phi) is 8.82. The molecule has 0 unspecified atom stereocenters. The van der Waals surface area contributed by atoms with Gasteiger partial charge in [-0.05, 0) is 60.4 Å². The Morgan fingerprint density at radius 1 is 0.784 bits per heavy atom. The van der Waals surface area contributed by atoms with Gasteiger partial charge in [-0.2, -0.15) is 0 Å². The van der Waals surface area contributed by atoms with E-state index in [2.05, 4.69) is 81.4 Å². The first-order valence-corrected chi connectivity index (χ1v) is 13.5. The van der Waals surface area contributed by atoms with Crippen LogP contribution in [0.3, 0.4) is 0 Å². The quantitative estimate of drug-likeness (QED) is 0.359. The van der Waals surface area contributed by atoms with Gasteiger partial charge in [0.2, 0.25) is 0 Å². The summed E-state index contributed by atoms with van der Waals surface area (Å²) in [4.78, 5) is 7.32. The van der Waals surface area contributed by atoms with Crippen LogP contribution in [-0.4, -0.2) is 64.6 Å². The van der Waals surface area contributed by atoms with Gasteiger partial charge in [-0.3, -0.25) is 4.90 Å². The molecule has 5 rings (SSSR count). The first-order valence-electron chi connectivity index (χ1n) is 13.5. The second-order valence-corrected chi connectivity index (χ2v) is 9.87. The Bertz CT molecular complexity index is 1130. The van der Waals surface area contributed by atoms with Crippen LogP contribution in [0, 0.1) is 0 Å². The van der Waals surface area contributed by atoms with Gasteiger partial charge in [-0.25, -0.2) is 0 Å². The van der Waals surface area contributed by atoms with Gasteiger partial charge in [0.05, 0.1) is 20.3 Å². The number of methoxy groups -OCH3 is 1. The van der Waals surface area contributed by atoms with E-state index in [0.717, 1.165) is 76.2 Å². The molecule has 2 saturated heterocycles. The minimum Gasteiger partial charge on any atom is -0.497 e. The largest absolute Gasteiger partial charge is 0.497 e. The SMILES string of the molecule is COc1cccc(CN(Cc2cccc(N3CCCC3)c2)c2cccc(OCCN3CCOCC3)c2)c1. The highest BCUT2D eigenvalue weighted by atomic mass is 16.5. The van der Waals surface area contributed by atoms with Crippen molar-refractivity contribution in [1.82, 2.24) is 4.90 Å². The van der Waals surface area contributed by atoms with Gasteiger partial charge in [0.1, 0.15) is 18.1 Å². The summed E-state index contributed by atoms with van der Waals surface area (Å²) in [5.74, 6) is 1.79. The van der Waals surface area contributed by atoms with Crippen molar-refractivity contribution in [3.8, 4) is 11.5 Å². The van der Waals surface area contributed by atoms with Crippen molar-refractivity contribution in [1.29, 1.82) is 0 Å². The molecule has 0 spiro atoms. The summed E-state index contributed by atoms with van der Waals surface area (Å²) in [6.45, 7) is 9.09. The first-order chi connectivity index (χ1) is 18.3. The van der Waals surface area contributed by atoms with E-state index in [1.165, 1.54) is 29.7 Å². The van der Waals surface area contributed by atoms with Crippen LogP contribution >= 0.6 is 0 Å². The second-order valence-electron chi connectivity index (χ2n) is 9.87. The molecule has 37 heavy (non-hydrogen) atoms. The van der Waals surface area contributed by atoms with Gasteiger partial charge in [-0.15, -0.1) is 0 Å². The number of morpholine rings is 1. The molecule has 196 valence electrons. The topological polar surface area (TPSA) is 37.4 Å². The number of hydrogen-bond acceptors (Lipinski definition) is 6.